The lowest BCUT2D eigenvalue weighted by Gasteiger charge is -2.29. The third-order valence-corrected chi connectivity index (χ3v) is 4.87. The van der Waals surface area contributed by atoms with Gasteiger partial charge in [0.25, 0.3) is 5.91 Å². The highest BCUT2D eigenvalue weighted by Gasteiger charge is 2.22. The minimum Gasteiger partial charge on any atom is -0.497 e. The first-order valence-corrected chi connectivity index (χ1v) is 9.66. The molecular formula is C23H29NO5. The molecule has 2 aromatic carbocycles. The largest absolute Gasteiger partial charge is 0.497 e. The zero-order chi connectivity index (χ0) is 21.6. The number of amides is 1. The summed E-state index contributed by atoms with van der Waals surface area (Å²) in [7, 11) is 1.64. The van der Waals surface area contributed by atoms with Gasteiger partial charge in [0.1, 0.15) is 11.5 Å². The van der Waals surface area contributed by atoms with Crippen LogP contribution in [0, 0.1) is 13.8 Å². The van der Waals surface area contributed by atoms with E-state index in [0.29, 0.717) is 17.9 Å². The number of carboxylic acids is 1. The molecule has 0 saturated carbocycles. The first kappa shape index (κ1) is 22.3. The maximum Gasteiger partial charge on any atom is 0.341 e. The summed E-state index contributed by atoms with van der Waals surface area (Å²) in [6.45, 7) is 7.82. The Morgan fingerprint density at radius 2 is 1.69 bits per heavy atom. The first-order valence-electron chi connectivity index (χ1n) is 9.66. The Hall–Kier alpha value is -3.02. The molecule has 2 rings (SSSR count). The number of ether oxygens (including phenoxy) is 2. The van der Waals surface area contributed by atoms with Crippen molar-refractivity contribution in [2.75, 3.05) is 20.3 Å². The lowest BCUT2D eigenvalue weighted by Crippen LogP contribution is -2.39. The van der Waals surface area contributed by atoms with Crippen LogP contribution in [0.25, 0.3) is 0 Å². The van der Waals surface area contributed by atoms with Gasteiger partial charge in [-0.25, -0.2) is 4.79 Å². The van der Waals surface area contributed by atoms with Crippen LogP contribution in [0.2, 0.25) is 0 Å². The van der Waals surface area contributed by atoms with Gasteiger partial charge in [-0.15, -0.1) is 0 Å². The second-order valence-electron chi connectivity index (χ2n) is 7.11. The van der Waals surface area contributed by atoms with Gasteiger partial charge in [0.05, 0.1) is 7.11 Å². The Labute approximate surface area is 172 Å². The number of carboxylic acid groups (broad SMARTS) is 1. The van der Waals surface area contributed by atoms with E-state index in [1.54, 1.807) is 19.2 Å². The Bertz CT molecular complexity index is 837. The normalized spacial score (nSPS) is 11.6. The molecule has 0 aromatic heterocycles. The average Bonchev–Trinajstić information content (AvgIpc) is 2.68. The van der Waals surface area contributed by atoms with Gasteiger partial charge in [-0.1, -0.05) is 12.1 Å². The van der Waals surface area contributed by atoms with E-state index >= 15 is 0 Å². The molecule has 0 aliphatic carbocycles. The highest BCUT2D eigenvalue weighted by Crippen LogP contribution is 2.26. The fourth-order valence-corrected chi connectivity index (χ4v) is 3.47. The molecule has 2 aromatic rings. The third-order valence-electron chi connectivity index (χ3n) is 4.87. The molecule has 1 atom stereocenters. The molecule has 1 unspecified atom stereocenters. The number of hydrogen-bond acceptors (Lipinski definition) is 4. The summed E-state index contributed by atoms with van der Waals surface area (Å²) in [4.78, 5) is 25.8. The number of benzene rings is 2. The van der Waals surface area contributed by atoms with Gasteiger partial charge in [0, 0.05) is 18.2 Å². The number of rotatable bonds is 9. The van der Waals surface area contributed by atoms with Crippen molar-refractivity contribution in [2.45, 2.75) is 40.2 Å². The molecular weight excluding hydrogens is 370 g/mol. The lowest BCUT2D eigenvalue weighted by molar-refractivity contribution is -0.139. The predicted octanol–water partition coefficient (Wildman–Crippen LogP) is 3.87. The number of aliphatic carboxylic acids is 1. The number of aryl methyl sites for hydroxylation is 2. The van der Waals surface area contributed by atoms with Crippen molar-refractivity contribution < 1.29 is 24.2 Å². The van der Waals surface area contributed by atoms with Crippen LogP contribution in [0.4, 0.5) is 0 Å². The van der Waals surface area contributed by atoms with E-state index in [2.05, 4.69) is 0 Å². The highest BCUT2D eigenvalue weighted by molar-refractivity contribution is 5.95. The molecule has 6 heteroatoms. The molecule has 0 heterocycles. The number of carbonyl (C=O) groups excluding carboxylic acids is 1. The minimum absolute atomic E-state index is 0.0180. The number of nitrogens with zero attached hydrogens (tertiary/aromatic N) is 1. The molecule has 1 amide bonds. The van der Waals surface area contributed by atoms with E-state index in [4.69, 9.17) is 14.6 Å². The molecule has 0 aliphatic rings. The van der Waals surface area contributed by atoms with E-state index < -0.39 is 12.6 Å². The second-order valence-corrected chi connectivity index (χ2v) is 7.11. The van der Waals surface area contributed by atoms with Crippen molar-refractivity contribution in [2.24, 2.45) is 0 Å². The van der Waals surface area contributed by atoms with Crippen LogP contribution in [-0.2, 0) is 11.2 Å². The Morgan fingerprint density at radius 3 is 2.17 bits per heavy atom. The summed E-state index contributed by atoms with van der Waals surface area (Å²) in [6.07, 6.45) is 0.737. The van der Waals surface area contributed by atoms with Crippen LogP contribution < -0.4 is 9.47 Å². The van der Waals surface area contributed by atoms with Crippen molar-refractivity contribution >= 4 is 11.9 Å². The van der Waals surface area contributed by atoms with Crippen molar-refractivity contribution in [3.8, 4) is 11.5 Å². The minimum atomic E-state index is -1.03. The topological polar surface area (TPSA) is 76.1 Å². The maximum atomic E-state index is 13.2. The van der Waals surface area contributed by atoms with Crippen molar-refractivity contribution in [1.29, 1.82) is 0 Å². The zero-order valence-corrected chi connectivity index (χ0v) is 17.7. The van der Waals surface area contributed by atoms with Crippen molar-refractivity contribution in [1.82, 2.24) is 4.90 Å². The zero-order valence-electron chi connectivity index (χ0n) is 17.7. The van der Waals surface area contributed by atoms with Crippen LogP contribution in [-0.4, -0.2) is 48.2 Å². The molecule has 6 nitrogen and oxygen atoms in total. The van der Waals surface area contributed by atoms with Crippen molar-refractivity contribution in [3.05, 3.63) is 58.7 Å². The first-order chi connectivity index (χ1) is 13.8. The molecule has 156 valence electrons. The Balaban J connectivity index is 2.17. The molecule has 0 saturated heterocycles. The number of likely N-dealkylation sites (N-methyl/N-ethyl adjacent to an activating group) is 1. The van der Waals surface area contributed by atoms with E-state index in [1.807, 2.05) is 56.9 Å². The fourth-order valence-electron chi connectivity index (χ4n) is 3.47. The lowest BCUT2D eigenvalue weighted by atomic mass is 10.0. The van der Waals surface area contributed by atoms with Gasteiger partial charge < -0.3 is 19.5 Å². The van der Waals surface area contributed by atoms with E-state index in [1.165, 1.54) is 0 Å². The molecule has 0 bridgehead atoms. The summed E-state index contributed by atoms with van der Waals surface area (Å²) in [5.41, 5.74) is 3.20. The smallest absolute Gasteiger partial charge is 0.341 e. The predicted molar refractivity (Wildman–Crippen MR) is 112 cm³/mol. The van der Waals surface area contributed by atoms with Gasteiger partial charge in [-0.3, -0.25) is 4.79 Å². The van der Waals surface area contributed by atoms with E-state index in [-0.39, 0.29) is 11.9 Å². The molecule has 0 fully saturated rings. The van der Waals surface area contributed by atoms with Crippen LogP contribution in [0.3, 0.4) is 0 Å². The molecule has 1 N–H and O–H groups in total. The molecule has 0 aliphatic heterocycles. The summed E-state index contributed by atoms with van der Waals surface area (Å²) in [6, 6.07) is 11.4. The van der Waals surface area contributed by atoms with Gasteiger partial charge in [0.15, 0.2) is 6.61 Å². The van der Waals surface area contributed by atoms with Crippen LogP contribution in [0.1, 0.15) is 40.9 Å². The van der Waals surface area contributed by atoms with Crippen LogP contribution >= 0.6 is 0 Å². The number of carbonyl (C=O) groups is 2. The fraction of sp³-hybridized carbons (Fsp3) is 0.391. The van der Waals surface area contributed by atoms with Crippen molar-refractivity contribution in [3.63, 3.8) is 0 Å². The van der Waals surface area contributed by atoms with Gasteiger partial charge in [-0.05, 0) is 75.1 Å². The van der Waals surface area contributed by atoms with E-state index in [9.17, 15) is 9.59 Å². The molecule has 0 radical (unpaired) electrons. The monoisotopic (exact) mass is 399 g/mol. The third kappa shape index (κ3) is 5.73. The summed E-state index contributed by atoms with van der Waals surface area (Å²) in [5.74, 6) is 0.234. The van der Waals surface area contributed by atoms with Gasteiger partial charge in [0.2, 0.25) is 0 Å². The summed E-state index contributed by atoms with van der Waals surface area (Å²) < 4.78 is 10.6. The highest BCUT2D eigenvalue weighted by atomic mass is 16.5. The second kappa shape index (κ2) is 9.96. The summed E-state index contributed by atoms with van der Waals surface area (Å²) >= 11 is 0. The SMILES string of the molecule is CCN(C(=O)c1cc(C)c(OCC(=O)O)c(C)c1)C(C)Cc1ccc(OC)cc1. The Kier molecular flexibility index (Phi) is 7.65. The Morgan fingerprint density at radius 1 is 1.10 bits per heavy atom. The summed E-state index contributed by atoms with van der Waals surface area (Å²) in [5, 5.41) is 8.82. The maximum absolute atomic E-state index is 13.2. The van der Waals surface area contributed by atoms with Gasteiger partial charge >= 0.3 is 5.97 Å². The standard InChI is InChI=1S/C23H29NO5/c1-6-24(17(4)13-18-7-9-20(28-5)10-8-18)23(27)19-11-15(2)22(16(3)12-19)29-14-21(25)26/h7-12,17H,6,13-14H2,1-5H3,(H,25,26). The number of methoxy groups -OCH3 is 1. The molecule has 29 heavy (non-hydrogen) atoms. The van der Waals surface area contributed by atoms with Crippen LogP contribution in [0.5, 0.6) is 11.5 Å². The number of hydrogen-bond donors (Lipinski definition) is 1. The average molecular weight is 399 g/mol. The van der Waals surface area contributed by atoms with E-state index in [0.717, 1.165) is 28.9 Å². The van der Waals surface area contributed by atoms with Crippen LogP contribution in [0.15, 0.2) is 36.4 Å². The quantitative estimate of drug-likeness (QED) is 0.693. The molecule has 0 spiro atoms. The van der Waals surface area contributed by atoms with Gasteiger partial charge in [-0.2, -0.15) is 0 Å².